The summed E-state index contributed by atoms with van der Waals surface area (Å²) in [7, 11) is 0. The molecule has 0 saturated heterocycles. The molecule has 9 rings (SSSR count). The minimum atomic E-state index is -0.301. The Morgan fingerprint density at radius 3 is 1.71 bits per heavy atom. The molecular weight excluding hydrogens is 619 g/mol. The lowest BCUT2D eigenvalue weighted by Crippen LogP contribution is -2.33. The van der Waals surface area contributed by atoms with Gasteiger partial charge in [-0.25, -0.2) is 9.98 Å². The van der Waals surface area contributed by atoms with E-state index in [0.717, 1.165) is 28.1 Å². The van der Waals surface area contributed by atoms with Crippen molar-refractivity contribution in [1.29, 1.82) is 0 Å². The summed E-state index contributed by atoms with van der Waals surface area (Å²) in [5.41, 5.74) is 15.7. The molecule has 3 nitrogen and oxygen atoms in total. The first-order chi connectivity index (χ1) is 25.0. The minimum Gasteiger partial charge on any atom is -0.344 e. The summed E-state index contributed by atoms with van der Waals surface area (Å²) >= 11 is 0. The molecule has 0 bridgehead atoms. The number of amidine groups is 2. The Hall–Kier alpha value is -6.32. The van der Waals surface area contributed by atoms with Gasteiger partial charge in [0.15, 0.2) is 5.84 Å². The molecule has 0 fully saturated rings. The lowest BCUT2D eigenvalue weighted by Gasteiger charge is -2.24. The van der Waals surface area contributed by atoms with Gasteiger partial charge < -0.3 is 5.32 Å². The number of hydrogen-bond donors (Lipinski definition) is 1. The SMILES string of the molecule is CC1(C)c2ccccc2-c2ccc(-c3cccc(-c4cccc(C5N=C(c6ccc(-c7ccccc7)cc6)N=C(c6ccccc6)N5)c4)c3)cc21. The molecule has 7 aromatic carbocycles. The highest BCUT2D eigenvalue weighted by Crippen LogP contribution is 2.49. The molecule has 0 saturated carbocycles. The molecule has 0 spiro atoms. The highest BCUT2D eigenvalue weighted by molar-refractivity contribution is 6.13. The topological polar surface area (TPSA) is 36.8 Å². The highest BCUT2D eigenvalue weighted by Gasteiger charge is 2.35. The summed E-state index contributed by atoms with van der Waals surface area (Å²) in [4.78, 5) is 10.2. The molecule has 51 heavy (non-hydrogen) atoms. The van der Waals surface area contributed by atoms with Crippen molar-refractivity contribution in [3.8, 4) is 44.5 Å². The Morgan fingerprint density at radius 2 is 0.961 bits per heavy atom. The molecule has 1 aliphatic heterocycles. The van der Waals surface area contributed by atoms with Crippen molar-refractivity contribution in [3.05, 3.63) is 204 Å². The highest BCUT2D eigenvalue weighted by atomic mass is 15.2. The molecule has 2 aliphatic rings. The Balaban J connectivity index is 1.05. The molecule has 0 amide bonds. The van der Waals surface area contributed by atoms with Crippen LogP contribution in [-0.2, 0) is 5.41 Å². The van der Waals surface area contributed by atoms with Gasteiger partial charge >= 0.3 is 0 Å². The van der Waals surface area contributed by atoms with Crippen LogP contribution in [0.15, 0.2) is 186 Å². The molecule has 1 N–H and O–H groups in total. The van der Waals surface area contributed by atoms with Crippen LogP contribution in [0.5, 0.6) is 0 Å². The normalized spacial score (nSPS) is 15.6. The summed E-state index contributed by atoms with van der Waals surface area (Å²) in [5.74, 6) is 1.53. The quantitative estimate of drug-likeness (QED) is 0.190. The van der Waals surface area contributed by atoms with Crippen molar-refractivity contribution in [3.63, 3.8) is 0 Å². The molecule has 1 aliphatic carbocycles. The largest absolute Gasteiger partial charge is 0.344 e. The first-order valence-corrected chi connectivity index (χ1v) is 17.6. The van der Waals surface area contributed by atoms with E-state index in [2.05, 4.69) is 171 Å². The molecular formula is C48H37N3. The standard InChI is InChI=1S/C48H37N3/c1-48(2)43-22-10-9-21-41(43)42-28-27-39(31-44(42)48)37-18-11-17-36(29-37)38-19-12-20-40(30-38)47-50-45(34-15-7-4-8-16-34)49-46(51-47)35-25-23-33(24-26-35)32-13-5-3-6-14-32/h3-31,47H,1-2H3,(H,49,50,51). The monoisotopic (exact) mass is 655 g/mol. The number of benzene rings is 7. The van der Waals surface area contributed by atoms with Crippen molar-refractivity contribution in [2.24, 2.45) is 9.98 Å². The maximum absolute atomic E-state index is 5.18. The number of nitrogens with zero attached hydrogens (tertiary/aromatic N) is 2. The molecule has 1 unspecified atom stereocenters. The molecule has 3 heteroatoms. The third-order valence-corrected chi connectivity index (χ3v) is 10.4. The van der Waals surface area contributed by atoms with Crippen LogP contribution >= 0.6 is 0 Å². The van der Waals surface area contributed by atoms with E-state index < -0.39 is 0 Å². The van der Waals surface area contributed by atoms with Gasteiger partial charge in [-0.05, 0) is 79.4 Å². The lowest BCUT2D eigenvalue weighted by molar-refractivity contribution is 0.660. The Kier molecular flexibility index (Phi) is 7.55. The van der Waals surface area contributed by atoms with Gasteiger partial charge in [-0.3, -0.25) is 0 Å². The second-order valence-corrected chi connectivity index (χ2v) is 13.9. The molecule has 0 aromatic heterocycles. The summed E-state index contributed by atoms with van der Waals surface area (Å²) < 4.78 is 0. The second-order valence-electron chi connectivity index (χ2n) is 13.9. The van der Waals surface area contributed by atoms with Crippen molar-refractivity contribution < 1.29 is 0 Å². The van der Waals surface area contributed by atoms with Crippen molar-refractivity contribution in [1.82, 2.24) is 5.32 Å². The van der Waals surface area contributed by atoms with Crippen LogP contribution in [0, 0.1) is 0 Å². The van der Waals surface area contributed by atoms with Crippen molar-refractivity contribution in [2.45, 2.75) is 25.4 Å². The fourth-order valence-corrected chi connectivity index (χ4v) is 7.58. The van der Waals surface area contributed by atoms with Gasteiger partial charge in [-0.2, -0.15) is 0 Å². The van der Waals surface area contributed by atoms with Crippen LogP contribution in [0.4, 0.5) is 0 Å². The maximum Gasteiger partial charge on any atom is 0.159 e. The van der Waals surface area contributed by atoms with E-state index >= 15 is 0 Å². The number of nitrogens with one attached hydrogen (secondary N) is 1. The number of fused-ring (bicyclic) bond motifs is 3. The van der Waals surface area contributed by atoms with E-state index in [4.69, 9.17) is 9.98 Å². The zero-order valence-electron chi connectivity index (χ0n) is 28.7. The lowest BCUT2D eigenvalue weighted by atomic mass is 9.81. The van der Waals surface area contributed by atoms with Gasteiger partial charge in [0.1, 0.15) is 12.0 Å². The third kappa shape index (κ3) is 5.67. The van der Waals surface area contributed by atoms with E-state index in [1.807, 2.05) is 24.3 Å². The van der Waals surface area contributed by atoms with Gasteiger partial charge in [0.05, 0.1) is 0 Å². The first kappa shape index (κ1) is 30.7. The van der Waals surface area contributed by atoms with Gasteiger partial charge in [-0.15, -0.1) is 0 Å². The van der Waals surface area contributed by atoms with Crippen LogP contribution in [-0.4, -0.2) is 11.7 Å². The number of hydrogen-bond acceptors (Lipinski definition) is 3. The van der Waals surface area contributed by atoms with Crippen LogP contribution < -0.4 is 5.32 Å². The Morgan fingerprint density at radius 1 is 0.431 bits per heavy atom. The summed E-state index contributed by atoms with van der Waals surface area (Å²) in [6.45, 7) is 4.68. The van der Waals surface area contributed by atoms with Gasteiger partial charge in [0, 0.05) is 16.5 Å². The van der Waals surface area contributed by atoms with Crippen molar-refractivity contribution >= 4 is 11.7 Å². The third-order valence-electron chi connectivity index (χ3n) is 10.4. The molecule has 7 aromatic rings. The Bertz CT molecular complexity index is 2460. The van der Waals surface area contributed by atoms with Crippen molar-refractivity contribution in [2.75, 3.05) is 0 Å². The van der Waals surface area contributed by atoms with Crippen LogP contribution in [0.2, 0.25) is 0 Å². The fraction of sp³-hybridized carbons (Fsp3) is 0.0833. The number of rotatable bonds is 6. The number of aliphatic imine (C=N–C) groups is 2. The molecule has 244 valence electrons. The van der Waals surface area contributed by atoms with E-state index in [0.29, 0.717) is 5.84 Å². The minimum absolute atomic E-state index is 0.0356. The van der Waals surface area contributed by atoms with E-state index in [1.165, 1.54) is 50.1 Å². The van der Waals surface area contributed by atoms with Crippen LogP contribution in [0.1, 0.15) is 47.8 Å². The second kappa shape index (κ2) is 12.5. The Labute approximate surface area is 299 Å². The van der Waals surface area contributed by atoms with Crippen LogP contribution in [0.3, 0.4) is 0 Å². The average molecular weight is 656 g/mol. The summed E-state index contributed by atoms with van der Waals surface area (Å²) in [6, 6.07) is 62.7. The van der Waals surface area contributed by atoms with E-state index in [-0.39, 0.29) is 11.6 Å². The zero-order valence-corrected chi connectivity index (χ0v) is 28.7. The predicted molar refractivity (Wildman–Crippen MR) is 212 cm³/mol. The van der Waals surface area contributed by atoms with Gasteiger partial charge in [0.2, 0.25) is 0 Å². The van der Waals surface area contributed by atoms with Gasteiger partial charge in [-0.1, -0.05) is 172 Å². The average Bonchev–Trinajstić information content (AvgIpc) is 3.44. The maximum atomic E-state index is 5.18. The zero-order chi connectivity index (χ0) is 34.4. The molecule has 1 heterocycles. The van der Waals surface area contributed by atoms with Gasteiger partial charge in [0.25, 0.3) is 0 Å². The van der Waals surface area contributed by atoms with E-state index in [9.17, 15) is 0 Å². The van der Waals surface area contributed by atoms with E-state index in [1.54, 1.807) is 0 Å². The first-order valence-electron chi connectivity index (χ1n) is 17.6. The predicted octanol–water partition coefficient (Wildman–Crippen LogP) is 11.5. The smallest absolute Gasteiger partial charge is 0.159 e. The molecule has 1 atom stereocenters. The summed E-state index contributed by atoms with van der Waals surface area (Å²) in [6.07, 6.45) is -0.301. The molecule has 0 radical (unpaired) electrons. The fourth-order valence-electron chi connectivity index (χ4n) is 7.58. The van der Waals surface area contributed by atoms with Crippen LogP contribution in [0.25, 0.3) is 44.5 Å². The summed E-state index contributed by atoms with van der Waals surface area (Å²) in [5, 5.41) is 3.64.